The molecular weight excluding hydrogens is 755 g/mol. The van der Waals surface area contributed by atoms with Gasteiger partial charge >= 0.3 is 0 Å². The van der Waals surface area contributed by atoms with Crippen LogP contribution in [-0.4, -0.2) is 24.3 Å². The molecule has 0 fully saturated rings. The molecule has 0 aliphatic heterocycles. The fourth-order valence-corrected chi connectivity index (χ4v) is 10.3. The minimum atomic E-state index is -0.493. The Hall–Kier alpha value is -8.28. The molecule has 2 aliphatic carbocycles. The Labute approximate surface area is 358 Å². The van der Waals surface area contributed by atoms with Crippen LogP contribution >= 0.6 is 0 Å². The van der Waals surface area contributed by atoms with Crippen LogP contribution in [0.3, 0.4) is 0 Å². The number of hydrogen-bond donors (Lipinski definition) is 0. The number of pyridine rings is 1. The molecular formula is C57H35N5. The lowest BCUT2D eigenvalue weighted by Crippen LogP contribution is -2.25. The van der Waals surface area contributed by atoms with Gasteiger partial charge in [0.1, 0.15) is 5.65 Å². The Bertz CT molecular complexity index is 3530. The standard InChI is InChI=1S/C57H35N5/c1-2-18-37(19-3-1)53-52(58-51-31-14-15-34-62(51)53)44-25-6-7-26-46(44)56-60-54(59-55(61-56)45-27-16-20-36-17-4-5-21-39(36)45)38-32-33-43-42-24-10-13-30-49(42)57(50(43)35-38)47-28-11-8-22-40(47)41-23-9-12-29-48(41)57/h1-35H. The van der Waals surface area contributed by atoms with Crippen LogP contribution in [0.5, 0.6) is 0 Å². The van der Waals surface area contributed by atoms with Crippen LogP contribution in [0.4, 0.5) is 0 Å². The zero-order valence-corrected chi connectivity index (χ0v) is 33.4. The van der Waals surface area contributed by atoms with E-state index in [1.54, 1.807) is 0 Å². The second-order valence-corrected chi connectivity index (χ2v) is 16.1. The van der Waals surface area contributed by atoms with Crippen molar-refractivity contribution in [2.45, 2.75) is 5.41 Å². The van der Waals surface area contributed by atoms with Crippen LogP contribution in [0, 0.1) is 0 Å². The summed E-state index contributed by atoms with van der Waals surface area (Å²) in [5.74, 6) is 1.81. The van der Waals surface area contributed by atoms with Gasteiger partial charge in [-0.15, -0.1) is 0 Å². The number of imidazole rings is 1. The summed E-state index contributed by atoms with van der Waals surface area (Å²) >= 11 is 0. The van der Waals surface area contributed by atoms with Gasteiger partial charge in [0.15, 0.2) is 17.5 Å². The highest BCUT2D eigenvalue weighted by atomic mass is 15.0. The number of aromatic nitrogens is 5. The summed E-state index contributed by atoms with van der Waals surface area (Å²) in [6.45, 7) is 0. The molecule has 0 unspecified atom stereocenters. The molecule has 62 heavy (non-hydrogen) atoms. The maximum absolute atomic E-state index is 5.44. The Morgan fingerprint density at radius 2 is 0.871 bits per heavy atom. The molecule has 5 nitrogen and oxygen atoms in total. The number of nitrogens with zero attached hydrogens (tertiary/aromatic N) is 5. The maximum Gasteiger partial charge on any atom is 0.164 e. The zero-order chi connectivity index (χ0) is 40.8. The summed E-state index contributed by atoms with van der Waals surface area (Å²) in [6.07, 6.45) is 2.08. The third-order valence-electron chi connectivity index (χ3n) is 12.9. The van der Waals surface area contributed by atoms with Gasteiger partial charge in [0.2, 0.25) is 0 Å². The molecule has 3 aromatic heterocycles. The van der Waals surface area contributed by atoms with Crippen molar-refractivity contribution in [1.82, 2.24) is 24.3 Å². The van der Waals surface area contributed by atoms with E-state index in [1.165, 1.54) is 44.5 Å². The molecule has 13 rings (SSSR count). The van der Waals surface area contributed by atoms with Gasteiger partial charge in [-0.2, -0.15) is 0 Å². The minimum absolute atomic E-state index is 0.493. The lowest BCUT2D eigenvalue weighted by molar-refractivity contribution is 0.794. The van der Waals surface area contributed by atoms with Gasteiger partial charge < -0.3 is 0 Å². The molecule has 3 heterocycles. The summed E-state index contributed by atoms with van der Waals surface area (Å²) in [5.41, 5.74) is 17.2. The molecule has 0 bridgehead atoms. The quantitative estimate of drug-likeness (QED) is 0.174. The van der Waals surface area contributed by atoms with Crippen molar-refractivity contribution in [3.8, 4) is 78.9 Å². The highest BCUT2D eigenvalue weighted by molar-refractivity contribution is 5.98. The highest BCUT2D eigenvalue weighted by Crippen LogP contribution is 2.63. The van der Waals surface area contributed by atoms with Gasteiger partial charge in [0.25, 0.3) is 0 Å². The van der Waals surface area contributed by atoms with Crippen LogP contribution in [0.1, 0.15) is 22.3 Å². The molecule has 0 atom stereocenters. The smallest absolute Gasteiger partial charge is 0.164 e. The first kappa shape index (κ1) is 34.6. The monoisotopic (exact) mass is 789 g/mol. The van der Waals surface area contributed by atoms with Crippen LogP contribution in [0.25, 0.3) is 95.4 Å². The van der Waals surface area contributed by atoms with Crippen molar-refractivity contribution >= 4 is 16.4 Å². The second kappa shape index (κ2) is 13.4. The predicted octanol–water partition coefficient (Wildman–Crippen LogP) is 13.4. The predicted molar refractivity (Wildman–Crippen MR) is 250 cm³/mol. The van der Waals surface area contributed by atoms with E-state index in [2.05, 4.69) is 199 Å². The summed E-state index contributed by atoms with van der Waals surface area (Å²) in [7, 11) is 0. The van der Waals surface area contributed by atoms with Gasteiger partial charge in [-0.25, -0.2) is 19.9 Å². The Morgan fingerprint density at radius 1 is 0.339 bits per heavy atom. The third kappa shape index (κ3) is 4.90. The molecule has 2 aliphatic rings. The Kier molecular flexibility index (Phi) is 7.45. The molecule has 0 saturated heterocycles. The lowest BCUT2D eigenvalue weighted by atomic mass is 9.70. The van der Waals surface area contributed by atoms with E-state index >= 15 is 0 Å². The van der Waals surface area contributed by atoms with E-state index < -0.39 is 5.41 Å². The molecule has 0 N–H and O–H groups in total. The Morgan fingerprint density at radius 3 is 1.60 bits per heavy atom. The average Bonchev–Trinajstić information content (AvgIpc) is 3.98. The van der Waals surface area contributed by atoms with Gasteiger partial charge in [-0.3, -0.25) is 4.40 Å². The molecule has 8 aromatic carbocycles. The molecule has 288 valence electrons. The SMILES string of the molecule is c1ccc(-c2c(-c3ccccc3-c3nc(-c4ccc5c(c4)C4(c6ccccc6-c6ccccc64)c4ccccc4-5)nc(-c4cccc5ccccc45)n3)nc3ccccn23)cc1. The van der Waals surface area contributed by atoms with Crippen LogP contribution < -0.4 is 0 Å². The normalized spacial score (nSPS) is 13.0. The zero-order valence-electron chi connectivity index (χ0n) is 33.4. The van der Waals surface area contributed by atoms with Crippen molar-refractivity contribution in [2.24, 2.45) is 0 Å². The first-order chi connectivity index (χ1) is 30.8. The summed E-state index contributed by atoms with van der Waals surface area (Å²) < 4.78 is 2.17. The first-order valence-corrected chi connectivity index (χ1v) is 21.1. The molecule has 0 amide bonds. The molecule has 5 heteroatoms. The fourth-order valence-electron chi connectivity index (χ4n) is 10.3. The number of hydrogen-bond acceptors (Lipinski definition) is 4. The average molecular weight is 790 g/mol. The fraction of sp³-hybridized carbons (Fsp3) is 0.0175. The van der Waals surface area contributed by atoms with Crippen LogP contribution in [0.2, 0.25) is 0 Å². The summed E-state index contributed by atoms with van der Waals surface area (Å²) in [5, 5.41) is 2.21. The van der Waals surface area contributed by atoms with Gasteiger partial charge in [-0.1, -0.05) is 188 Å². The minimum Gasteiger partial charge on any atom is -0.299 e. The van der Waals surface area contributed by atoms with E-state index in [9.17, 15) is 0 Å². The van der Waals surface area contributed by atoms with E-state index in [0.29, 0.717) is 17.5 Å². The van der Waals surface area contributed by atoms with E-state index in [1.807, 2.05) is 18.2 Å². The van der Waals surface area contributed by atoms with Gasteiger partial charge in [0, 0.05) is 34.0 Å². The number of rotatable bonds is 5. The van der Waals surface area contributed by atoms with Gasteiger partial charge in [-0.05, 0) is 73.5 Å². The number of benzene rings is 8. The van der Waals surface area contributed by atoms with E-state index in [4.69, 9.17) is 19.9 Å². The van der Waals surface area contributed by atoms with E-state index in [-0.39, 0.29) is 0 Å². The number of fused-ring (bicyclic) bond motifs is 12. The summed E-state index contributed by atoms with van der Waals surface area (Å²) in [6, 6.07) is 73.3. The highest BCUT2D eigenvalue weighted by Gasteiger charge is 2.51. The Balaban J connectivity index is 1.07. The van der Waals surface area contributed by atoms with Crippen molar-refractivity contribution in [3.05, 3.63) is 235 Å². The molecule has 11 aromatic rings. The molecule has 0 radical (unpaired) electrons. The van der Waals surface area contributed by atoms with Gasteiger partial charge in [0.05, 0.1) is 16.8 Å². The largest absolute Gasteiger partial charge is 0.299 e. The first-order valence-electron chi connectivity index (χ1n) is 21.1. The van der Waals surface area contributed by atoms with Crippen molar-refractivity contribution in [2.75, 3.05) is 0 Å². The molecule has 0 saturated carbocycles. The van der Waals surface area contributed by atoms with Crippen LogP contribution in [0.15, 0.2) is 212 Å². The topological polar surface area (TPSA) is 56.0 Å². The van der Waals surface area contributed by atoms with Crippen molar-refractivity contribution in [1.29, 1.82) is 0 Å². The van der Waals surface area contributed by atoms with E-state index in [0.717, 1.165) is 55.6 Å². The third-order valence-corrected chi connectivity index (χ3v) is 12.9. The maximum atomic E-state index is 5.44. The summed E-state index contributed by atoms with van der Waals surface area (Å²) in [4.78, 5) is 21.5. The second-order valence-electron chi connectivity index (χ2n) is 16.1. The van der Waals surface area contributed by atoms with Crippen molar-refractivity contribution in [3.63, 3.8) is 0 Å². The van der Waals surface area contributed by atoms with Crippen molar-refractivity contribution < 1.29 is 0 Å². The lowest BCUT2D eigenvalue weighted by Gasteiger charge is -2.30. The van der Waals surface area contributed by atoms with Crippen LogP contribution in [-0.2, 0) is 5.41 Å². The molecule has 1 spiro atoms.